The molecule has 6 nitrogen and oxygen atoms in total. The summed E-state index contributed by atoms with van der Waals surface area (Å²) >= 11 is 0. The zero-order valence-corrected chi connectivity index (χ0v) is 17.6. The van der Waals surface area contributed by atoms with E-state index in [0.717, 1.165) is 62.0 Å². The van der Waals surface area contributed by atoms with Gasteiger partial charge >= 0.3 is 0 Å². The van der Waals surface area contributed by atoms with E-state index in [9.17, 15) is 0 Å². The van der Waals surface area contributed by atoms with Crippen molar-refractivity contribution in [3.63, 3.8) is 0 Å². The molecule has 2 aromatic carbocycles. The topological polar surface area (TPSA) is 42.8 Å². The highest BCUT2D eigenvalue weighted by Gasteiger charge is 2.26. The van der Waals surface area contributed by atoms with E-state index in [0.29, 0.717) is 6.04 Å². The van der Waals surface area contributed by atoms with Crippen LogP contribution in [0.1, 0.15) is 18.9 Å². The third kappa shape index (κ3) is 3.52. The summed E-state index contributed by atoms with van der Waals surface area (Å²) in [4.78, 5) is 4.67. The first-order valence-electron chi connectivity index (χ1n) is 10.7. The molecular formula is C24H28N4O2. The minimum Gasteiger partial charge on any atom is -0.455 e. The second-order valence-corrected chi connectivity index (χ2v) is 8.07. The molecule has 1 fully saturated rings. The summed E-state index contributed by atoms with van der Waals surface area (Å²) in [5.41, 5.74) is 4.58. The number of ether oxygens (including phenoxy) is 2. The van der Waals surface area contributed by atoms with E-state index >= 15 is 0 Å². The third-order valence-corrected chi connectivity index (χ3v) is 6.22. The summed E-state index contributed by atoms with van der Waals surface area (Å²) in [6, 6.07) is 14.9. The smallest absolute Gasteiger partial charge is 0.158 e. The fourth-order valence-corrected chi connectivity index (χ4v) is 4.29. The Kier molecular flexibility index (Phi) is 5.09. The van der Waals surface area contributed by atoms with Crippen molar-refractivity contribution in [2.24, 2.45) is 0 Å². The number of hydrogen-bond donors (Lipinski definition) is 0. The Labute approximate surface area is 177 Å². The van der Waals surface area contributed by atoms with E-state index in [1.165, 1.54) is 11.3 Å². The monoisotopic (exact) mass is 404 g/mol. The lowest BCUT2D eigenvalue weighted by Gasteiger charge is -2.35. The van der Waals surface area contributed by atoms with E-state index in [1.807, 2.05) is 41.2 Å². The summed E-state index contributed by atoms with van der Waals surface area (Å²) in [5.74, 6) is 1.74. The number of morpholine rings is 1. The molecule has 1 saturated heterocycles. The van der Waals surface area contributed by atoms with Crippen LogP contribution in [-0.2, 0) is 11.2 Å². The summed E-state index contributed by atoms with van der Waals surface area (Å²) < 4.78 is 13.9. The Hall–Kier alpha value is -2.99. The van der Waals surface area contributed by atoms with Crippen LogP contribution in [0.2, 0.25) is 0 Å². The number of nitrogens with zero attached hydrogens (tertiary/aromatic N) is 4. The lowest BCUT2D eigenvalue weighted by molar-refractivity contribution is 0.122. The molecule has 5 rings (SSSR count). The molecule has 1 atom stereocenters. The molecule has 3 aromatic rings. The van der Waals surface area contributed by atoms with Crippen molar-refractivity contribution in [3.05, 3.63) is 60.4 Å². The van der Waals surface area contributed by atoms with Gasteiger partial charge in [0, 0.05) is 37.4 Å². The van der Waals surface area contributed by atoms with Gasteiger partial charge in [0.05, 0.1) is 31.3 Å². The van der Waals surface area contributed by atoms with Crippen molar-refractivity contribution >= 4 is 11.4 Å². The lowest BCUT2D eigenvalue weighted by atomic mass is 9.95. The van der Waals surface area contributed by atoms with E-state index in [-0.39, 0.29) is 0 Å². The number of anilines is 2. The van der Waals surface area contributed by atoms with Crippen molar-refractivity contribution in [2.75, 3.05) is 43.2 Å². The largest absolute Gasteiger partial charge is 0.455 e. The number of aromatic nitrogens is 2. The Balaban J connectivity index is 1.57. The summed E-state index contributed by atoms with van der Waals surface area (Å²) in [7, 11) is 2.17. The summed E-state index contributed by atoms with van der Waals surface area (Å²) in [5, 5.41) is 4.69. The van der Waals surface area contributed by atoms with Gasteiger partial charge in [-0.25, -0.2) is 4.68 Å². The van der Waals surface area contributed by atoms with Crippen LogP contribution in [0.5, 0.6) is 11.5 Å². The second-order valence-electron chi connectivity index (χ2n) is 8.07. The normalized spacial score (nSPS) is 18.9. The standard InChI is InChI=1S/C24H28N4O2/c1-18-8-9-21-22(26(18)2)10-11-23(24(21)30-20-6-4-3-5-7-20)28-17-19(16-25-28)27-12-14-29-15-13-27/h3-7,10-11,16-18H,8-9,12-15H2,1-2H3. The highest BCUT2D eigenvalue weighted by atomic mass is 16.5. The predicted octanol–water partition coefficient (Wildman–Crippen LogP) is 4.27. The molecule has 0 bridgehead atoms. The van der Waals surface area contributed by atoms with Gasteiger partial charge in [0.15, 0.2) is 5.75 Å². The van der Waals surface area contributed by atoms with E-state index in [4.69, 9.17) is 9.47 Å². The first-order valence-corrected chi connectivity index (χ1v) is 10.7. The van der Waals surface area contributed by atoms with Gasteiger partial charge in [-0.3, -0.25) is 0 Å². The molecule has 1 unspecified atom stereocenters. The second kappa shape index (κ2) is 8.03. The molecule has 0 saturated carbocycles. The highest BCUT2D eigenvalue weighted by Crippen LogP contribution is 2.42. The van der Waals surface area contributed by atoms with Crippen LogP contribution >= 0.6 is 0 Å². The van der Waals surface area contributed by atoms with E-state index < -0.39 is 0 Å². The van der Waals surface area contributed by atoms with Gasteiger partial charge in [-0.2, -0.15) is 5.10 Å². The molecule has 30 heavy (non-hydrogen) atoms. The number of hydrogen-bond acceptors (Lipinski definition) is 5. The van der Waals surface area contributed by atoms with Crippen molar-refractivity contribution in [1.82, 2.24) is 9.78 Å². The van der Waals surface area contributed by atoms with Gasteiger partial charge in [-0.05, 0) is 44.0 Å². The number of para-hydroxylation sites is 1. The van der Waals surface area contributed by atoms with Crippen LogP contribution in [-0.4, -0.2) is 49.2 Å². The molecule has 156 valence electrons. The van der Waals surface area contributed by atoms with Crippen molar-refractivity contribution in [1.29, 1.82) is 0 Å². The molecule has 6 heteroatoms. The van der Waals surface area contributed by atoms with Gasteiger partial charge < -0.3 is 19.3 Å². The zero-order valence-electron chi connectivity index (χ0n) is 17.6. The third-order valence-electron chi connectivity index (χ3n) is 6.22. The molecule has 3 heterocycles. The van der Waals surface area contributed by atoms with Crippen LogP contribution in [0.15, 0.2) is 54.9 Å². The van der Waals surface area contributed by atoms with Crippen LogP contribution < -0.4 is 14.5 Å². The van der Waals surface area contributed by atoms with E-state index in [1.54, 1.807) is 0 Å². The molecule has 0 aliphatic carbocycles. The average molecular weight is 405 g/mol. The van der Waals surface area contributed by atoms with Crippen molar-refractivity contribution in [3.8, 4) is 17.2 Å². The summed E-state index contributed by atoms with van der Waals surface area (Å²) in [6.45, 7) is 5.59. The highest BCUT2D eigenvalue weighted by molar-refractivity contribution is 5.68. The van der Waals surface area contributed by atoms with Crippen LogP contribution in [0.4, 0.5) is 11.4 Å². The predicted molar refractivity (Wildman–Crippen MR) is 119 cm³/mol. The van der Waals surface area contributed by atoms with Crippen LogP contribution in [0.25, 0.3) is 5.69 Å². The molecule has 2 aliphatic heterocycles. The molecule has 1 aromatic heterocycles. The maximum absolute atomic E-state index is 6.48. The van der Waals surface area contributed by atoms with Crippen LogP contribution in [0.3, 0.4) is 0 Å². The SMILES string of the molecule is CC1CCc2c(ccc(-n3cc(N4CCOCC4)cn3)c2Oc2ccccc2)N1C. The molecule has 0 spiro atoms. The van der Waals surface area contributed by atoms with Gasteiger partial charge in [-0.1, -0.05) is 18.2 Å². The molecule has 0 amide bonds. The van der Waals surface area contributed by atoms with Gasteiger partial charge in [-0.15, -0.1) is 0 Å². The fraction of sp³-hybridized carbons (Fsp3) is 0.375. The van der Waals surface area contributed by atoms with Gasteiger partial charge in [0.2, 0.25) is 0 Å². The lowest BCUT2D eigenvalue weighted by Crippen LogP contribution is -2.35. The number of rotatable bonds is 4. The zero-order chi connectivity index (χ0) is 20.5. The fourth-order valence-electron chi connectivity index (χ4n) is 4.29. The average Bonchev–Trinajstić information content (AvgIpc) is 3.28. The maximum atomic E-state index is 6.48. The molecule has 2 aliphatic rings. The Bertz CT molecular complexity index is 1010. The molecular weight excluding hydrogens is 376 g/mol. The number of benzene rings is 2. The van der Waals surface area contributed by atoms with E-state index in [2.05, 4.69) is 47.2 Å². The quantitative estimate of drug-likeness (QED) is 0.650. The first-order chi connectivity index (χ1) is 14.7. The Morgan fingerprint density at radius 3 is 2.60 bits per heavy atom. The van der Waals surface area contributed by atoms with Crippen molar-refractivity contribution in [2.45, 2.75) is 25.8 Å². The molecule has 0 N–H and O–H groups in total. The summed E-state index contributed by atoms with van der Waals surface area (Å²) in [6.07, 6.45) is 6.13. The Morgan fingerprint density at radius 1 is 1.03 bits per heavy atom. The van der Waals surface area contributed by atoms with Gasteiger partial charge in [0.25, 0.3) is 0 Å². The van der Waals surface area contributed by atoms with Gasteiger partial charge in [0.1, 0.15) is 11.4 Å². The maximum Gasteiger partial charge on any atom is 0.158 e. The van der Waals surface area contributed by atoms with Crippen molar-refractivity contribution < 1.29 is 9.47 Å². The van der Waals surface area contributed by atoms with Crippen LogP contribution in [0, 0.1) is 0 Å². The first kappa shape index (κ1) is 19.0. The minimum atomic E-state index is 0.519. The molecule has 0 radical (unpaired) electrons. The minimum absolute atomic E-state index is 0.519. The Morgan fingerprint density at radius 2 is 1.80 bits per heavy atom. The number of fused-ring (bicyclic) bond motifs is 1.